The van der Waals surface area contributed by atoms with Gasteiger partial charge in [0.25, 0.3) is 0 Å². The minimum absolute atomic E-state index is 0.0393. The van der Waals surface area contributed by atoms with Gasteiger partial charge in [0.05, 0.1) is 17.9 Å². The maximum atomic E-state index is 14.5. The Labute approximate surface area is 196 Å². The topological polar surface area (TPSA) is 112 Å². The molecule has 168 valence electrons. The van der Waals surface area contributed by atoms with Gasteiger partial charge < -0.3 is 10.1 Å². The summed E-state index contributed by atoms with van der Waals surface area (Å²) in [5.41, 5.74) is 0.967. The molecule has 4 aromatic rings. The smallest absolute Gasteiger partial charge is 0.362 e. The largest absolute Gasteiger partial charge is 0.461 e. The number of carbonyl (C=O) groups is 2. The van der Waals surface area contributed by atoms with Crippen LogP contribution < -0.4 is 5.32 Å². The number of benzene rings is 2. The Hall–Kier alpha value is -3.64. The van der Waals surface area contributed by atoms with Gasteiger partial charge in [0, 0.05) is 17.2 Å². The summed E-state index contributed by atoms with van der Waals surface area (Å²) in [5.74, 6) is -1.21. The molecule has 9 nitrogen and oxygen atoms in total. The van der Waals surface area contributed by atoms with Crippen LogP contribution in [0.15, 0.2) is 59.8 Å². The van der Waals surface area contributed by atoms with E-state index < -0.39 is 17.7 Å². The summed E-state index contributed by atoms with van der Waals surface area (Å²) in [5, 5.41) is 15.3. The van der Waals surface area contributed by atoms with E-state index in [1.807, 2.05) is 30.3 Å². The molecule has 0 spiro atoms. The van der Waals surface area contributed by atoms with E-state index in [2.05, 4.69) is 25.1 Å². The van der Waals surface area contributed by atoms with Crippen molar-refractivity contribution >= 4 is 40.2 Å². The summed E-state index contributed by atoms with van der Waals surface area (Å²) in [6.45, 7) is 1.85. The fraction of sp³-hybridized carbons (Fsp3) is 0.143. The number of nitrogens with one attached hydrogen (secondary N) is 1. The Kier molecular flexibility index (Phi) is 7.05. The molecule has 0 atom stereocenters. The van der Waals surface area contributed by atoms with Crippen molar-refractivity contribution in [2.24, 2.45) is 0 Å². The number of amides is 1. The monoisotopic (exact) mass is 484 g/mol. The molecule has 1 N–H and O–H groups in total. The van der Waals surface area contributed by atoms with E-state index in [0.29, 0.717) is 16.5 Å². The number of aromatic nitrogens is 5. The third kappa shape index (κ3) is 5.07. The second-order valence-electron chi connectivity index (χ2n) is 6.46. The molecule has 0 saturated heterocycles. The molecule has 4 rings (SSSR count). The first kappa shape index (κ1) is 22.6. The third-order valence-corrected chi connectivity index (χ3v) is 5.87. The van der Waals surface area contributed by atoms with Crippen LogP contribution >= 0.6 is 23.3 Å². The number of carbonyl (C=O) groups excluding carboxylic acids is 2. The van der Waals surface area contributed by atoms with Gasteiger partial charge in [0.15, 0.2) is 16.0 Å². The minimum Gasteiger partial charge on any atom is -0.461 e. The molecule has 1 amide bonds. The molecule has 0 fully saturated rings. The number of para-hydroxylation sites is 1. The highest BCUT2D eigenvalue weighted by atomic mass is 32.2. The van der Waals surface area contributed by atoms with Crippen molar-refractivity contribution < 1.29 is 18.7 Å². The second-order valence-corrected chi connectivity index (χ2v) is 8.16. The Bertz CT molecular complexity index is 1280. The lowest BCUT2D eigenvalue weighted by atomic mass is 10.2. The number of ether oxygens (including phenoxy) is 1. The van der Waals surface area contributed by atoms with Crippen LogP contribution in [0.3, 0.4) is 0 Å². The predicted molar refractivity (Wildman–Crippen MR) is 122 cm³/mol. The zero-order valence-electron chi connectivity index (χ0n) is 17.3. The fourth-order valence-corrected chi connectivity index (χ4v) is 4.21. The minimum atomic E-state index is -0.660. The van der Waals surface area contributed by atoms with E-state index in [1.54, 1.807) is 29.7 Å². The molecule has 0 unspecified atom stereocenters. The zero-order chi connectivity index (χ0) is 23.2. The Morgan fingerprint density at radius 1 is 1.09 bits per heavy atom. The number of halogens is 1. The number of esters is 1. The molecule has 0 aliphatic carbocycles. The standard InChI is InChI=1S/C21H17FN6O3S2/c1-2-31-20(30)17-19(33-27-24-17)23-16(29)12-32-21-26-25-18(14-10-6-7-11-15(14)22)28(21)13-8-4-3-5-9-13/h3-11H,2,12H2,1H3,(H,23,29). The Balaban J connectivity index is 1.56. The normalized spacial score (nSPS) is 10.7. The van der Waals surface area contributed by atoms with Crippen LogP contribution in [0.2, 0.25) is 0 Å². The molecule has 0 saturated carbocycles. The van der Waals surface area contributed by atoms with Crippen molar-refractivity contribution in [3.05, 3.63) is 66.1 Å². The number of nitrogens with zero attached hydrogens (tertiary/aromatic N) is 5. The van der Waals surface area contributed by atoms with Gasteiger partial charge in [0.1, 0.15) is 5.82 Å². The summed E-state index contributed by atoms with van der Waals surface area (Å²) in [6.07, 6.45) is 0. The van der Waals surface area contributed by atoms with Gasteiger partial charge >= 0.3 is 5.97 Å². The number of anilines is 1. The molecule has 12 heteroatoms. The first-order valence-corrected chi connectivity index (χ1v) is 11.5. The lowest BCUT2D eigenvalue weighted by molar-refractivity contribution is -0.113. The van der Waals surface area contributed by atoms with E-state index in [-0.39, 0.29) is 23.1 Å². The van der Waals surface area contributed by atoms with Gasteiger partial charge in [0.2, 0.25) is 11.6 Å². The van der Waals surface area contributed by atoms with Crippen LogP contribution in [0.5, 0.6) is 0 Å². The fourth-order valence-electron chi connectivity index (χ4n) is 2.89. The van der Waals surface area contributed by atoms with E-state index in [4.69, 9.17) is 4.74 Å². The van der Waals surface area contributed by atoms with Crippen molar-refractivity contribution in [1.29, 1.82) is 0 Å². The van der Waals surface area contributed by atoms with Gasteiger partial charge in [-0.2, -0.15) is 0 Å². The van der Waals surface area contributed by atoms with Crippen molar-refractivity contribution in [2.45, 2.75) is 12.1 Å². The van der Waals surface area contributed by atoms with Crippen molar-refractivity contribution in [3.8, 4) is 17.1 Å². The average molecular weight is 485 g/mol. The highest BCUT2D eigenvalue weighted by Gasteiger charge is 2.22. The summed E-state index contributed by atoms with van der Waals surface area (Å²) in [6, 6.07) is 15.5. The van der Waals surface area contributed by atoms with E-state index in [1.165, 1.54) is 6.07 Å². The zero-order valence-corrected chi connectivity index (χ0v) is 18.9. The van der Waals surface area contributed by atoms with Crippen molar-refractivity contribution in [1.82, 2.24) is 24.4 Å². The van der Waals surface area contributed by atoms with Gasteiger partial charge in [-0.3, -0.25) is 9.36 Å². The molecular formula is C21H17FN6O3S2. The first-order valence-electron chi connectivity index (χ1n) is 9.76. The highest BCUT2D eigenvalue weighted by molar-refractivity contribution is 7.99. The van der Waals surface area contributed by atoms with Crippen LogP contribution in [0.4, 0.5) is 9.39 Å². The average Bonchev–Trinajstić information content (AvgIpc) is 3.46. The van der Waals surface area contributed by atoms with Crippen molar-refractivity contribution in [3.63, 3.8) is 0 Å². The quantitative estimate of drug-likeness (QED) is 0.297. The summed E-state index contributed by atoms with van der Waals surface area (Å²) in [7, 11) is 0. The van der Waals surface area contributed by atoms with Gasteiger partial charge in [-0.05, 0) is 31.2 Å². The lowest BCUT2D eigenvalue weighted by Crippen LogP contribution is -2.17. The van der Waals surface area contributed by atoms with Gasteiger partial charge in [-0.25, -0.2) is 9.18 Å². The molecule has 0 bridgehead atoms. The summed E-state index contributed by atoms with van der Waals surface area (Å²) < 4.78 is 24.8. The molecule has 0 radical (unpaired) electrons. The van der Waals surface area contributed by atoms with Gasteiger partial charge in [-0.1, -0.05) is 46.6 Å². The van der Waals surface area contributed by atoms with Crippen LogP contribution in [0.25, 0.3) is 17.1 Å². The van der Waals surface area contributed by atoms with E-state index in [0.717, 1.165) is 29.0 Å². The van der Waals surface area contributed by atoms with Crippen LogP contribution in [-0.2, 0) is 9.53 Å². The maximum Gasteiger partial charge on any atom is 0.362 e. The van der Waals surface area contributed by atoms with Crippen LogP contribution in [0, 0.1) is 5.82 Å². The number of thioether (sulfide) groups is 1. The second kappa shape index (κ2) is 10.3. The third-order valence-electron chi connectivity index (χ3n) is 4.30. The Morgan fingerprint density at radius 2 is 1.85 bits per heavy atom. The molecule has 0 aliphatic heterocycles. The molecule has 0 aliphatic rings. The van der Waals surface area contributed by atoms with Crippen LogP contribution in [-0.4, -0.2) is 48.6 Å². The summed E-state index contributed by atoms with van der Waals surface area (Å²) >= 11 is 2.00. The van der Waals surface area contributed by atoms with Gasteiger partial charge in [-0.15, -0.1) is 15.3 Å². The number of hydrogen-bond acceptors (Lipinski definition) is 9. The predicted octanol–water partition coefficient (Wildman–Crippen LogP) is 3.83. The summed E-state index contributed by atoms with van der Waals surface area (Å²) in [4.78, 5) is 24.5. The molecule has 2 heterocycles. The number of rotatable bonds is 8. The highest BCUT2D eigenvalue weighted by Crippen LogP contribution is 2.29. The first-order chi connectivity index (χ1) is 16.1. The maximum absolute atomic E-state index is 14.5. The molecule has 33 heavy (non-hydrogen) atoms. The molecular weight excluding hydrogens is 467 g/mol. The lowest BCUT2D eigenvalue weighted by Gasteiger charge is -2.10. The van der Waals surface area contributed by atoms with Crippen LogP contribution in [0.1, 0.15) is 17.4 Å². The van der Waals surface area contributed by atoms with Crippen molar-refractivity contribution in [2.75, 3.05) is 17.7 Å². The molecule has 2 aromatic heterocycles. The molecule has 2 aromatic carbocycles. The van der Waals surface area contributed by atoms with E-state index >= 15 is 0 Å². The SMILES string of the molecule is CCOC(=O)c1nnsc1NC(=O)CSc1nnc(-c2ccccc2F)n1-c1ccccc1. The Morgan fingerprint density at radius 3 is 2.61 bits per heavy atom. The number of hydrogen-bond donors (Lipinski definition) is 1. The van der Waals surface area contributed by atoms with E-state index in [9.17, 15) is 14.0 Å².